The zero-order valence-electron chi connectivity index (χ0n) is 6.73. The second-order valence-electron chi connectivity index (χ2n) is 2.75. The molecule has 0 amide bonds. The molecule has 0 aliphatic carbocycles. The summed E-state index contributed by atoms with van der Waals surface area (Å²) in [6.07, 6.45) is -3.31. The van der Waals surface area contributed by atoms with Gasteiger partial charge in [-0.15, -0.1) is 0 Å². The molecule has 1 saturated heterocycles. The van der Waals surface area contributed by atoms with Gasteiger partial charge in [0.05, 0.1) is 6.54 Å². The summed E-state index contributed by atoms with van der Waals surface area (Å²) in [6, 6.07) is 0. The van der Waals surface area contributed by atoms with E-state index >= 15 is 0 Å². The van der Waals surface area contributed by atoms with Crippen LogP contribution in [-0.4, -0.2) is 36.4 Å². The Hall–Kier alpha value is -0.910. The highest BCUT2D eigenvalue weighted by molar-refractivity contribution is 4.89. The van der Waals surface area contributed by atoms with Gasteiger partial charge in [0.15, 0.2) is 0 Å². The summed E-state index contributed by atoms with van der Waals surface area (Å²) in [7, 11) is 0. The van der Waals surface area contributed by atoms with Crippen LogP contribution >= 0.6 is 0 Å². The number of hydrogen-bond acceptors (Lipinski definition) is 3. The monoisotopic (exact) mass is 193 g/mol. The van der Waals surface area contributed by atoms with Crippen molar-refractivity contribution in [3.05, 3.63) is 10.4 Å². The van der Waals surface area contributed by atoms with Crippen LogP contribution in [0.3, 0.4) is 0 Å². The maximum Gasteiger partial charge on any atom is 0.299 e. The van der Waals surface area contributed by atoms with E-state index in [1.54, 1.807) is 0 Å². The Kier molecular flexibility index (Phi) is 3.02. The number of aliphatic hydroxyl groups excluding tert-OH is 1. The Morgan fingerprint density at radius 1 is 1.69 bits per heavy atom. The van der Waals surface area contributed by atoms with Crippen molar-refractivity contribution in [1.29, 1.82) is 0 Å². The number of ether oxygens (including phenoxy) is 1. The van der Waals surface area contributed by atoms with Crippen molar-refractivity contribution >= 4 is 0 Å². The average Bonchev–Trinajstić information content (AvgIpc) is 2.08. The summed E-state index contributed by atoms with van der Waals surface area (Å²) in [5.41, 5.74) is 7.93. The van der Waals surface area contributed by atoms with Crippen LogP contribution in [0.4, 0.5) is 8.78 Å². The molecule has 0 aromatic heterocycles. The molecular formula is C6H9F2N3O2. The Balaban J connectivity index is 2.65. The molecule has 1 N–H and O–H groups in total. The predicted octanol–water partition coefficient (Wildman–Crippen LogP) is 1.08. The zero-order chi connectivity index (χ0) is 9.90. The van der Waals surface area contributed by atoms with Crippen LogP contribution in [0.1, 0.15) is 6.42 Å². The van der Waals surface area contributed by atoms with Crippen LogP contribution in [0.2, 0.25) is 0 Å². The normalized spacial score (nSPS) is 32.2. The van der Waals surface area contributed by atoms with Crippen LogP contribution in [0.15, 0.2) is 5.11 Å². The molecule has 7 heteroatoms. The molecule has 0 aromatic rings. The fourth-order valence-corrected chi connectivity index (χ4v) is 1.13. The quantitative estimate of drug-likeness (QED) is 0.404. The van der Waals surface area contributed by atoms with Crippen LogP contribution < -0.4 is 0 Å². The standard InChI is InChI=1S/C6H9F2N3O2/c7-6(8)4(12)1-2-13-5(6)3-10-11-9/h4-5,12H,1-3H2/t4-,5-/m1/s1. The van der Waals surface area contributed by atoms with Gasteiger partial charge in [0.1, 0.15) is 12.2 Å². The molecule has 0 spiro atoms. The molecule has 13 heavy (non-hydrogen) atoms. The third kappa shape index (κ3) is 2.06. The highest BCUT2D eigenvalue weighted by atomic mass is 19.3. The highest BCUT2D eigenvalue weighted by Gasteiger charge is 2.49. The van der Waals surface area contributed by atoms with Crippen molar-refractivity contribution in [1.82, 2.24) is 0 Å². The van der Waals surface area contributed by atoms with Gasteiger partial charge in [-0.2, -0.15) is 0 Å². The largest absolute Gasteiger partial charge is 0.387 e. The van der Waals surface area contributed by atoms with Crippen LogP contribution in [0, 0.1) is 0 Å². The second kappa shape index (κ2) is 3.87. The average molecular weight is 193 g/mol. The molecule has 1 rings (SSSR count). The Bertz CT molecular complexity index is 230. The van der Waals surface area contributed by atoms with Crippen molar-refractivity contribution in [3.8, 4) is 0 Å². The first-order valence-corrected chi connectivity index (χ1v) is 3.77. The molecule has 0 radical (unpaired) electrons. The van der Waals surface area contributed by atoms with Gasteiger partial charge in [-0.05, 0) is 5.53 Å². The van der Waals surface area contributed by atoms with E-state index in [1.807, 2.05) is 0 Å². The van der Waals surface area contributed by atoms with Crippen molar-refractivity contribution in [2.24, 2.45) is 5.11 Å². The van der Waals surface area contributed by atoms with Gasteiger partial charge in [0, 0.05) is 17.9 Å². The third-order valence-electron chi connectivity index (χ3n) is 1.89. The number of rotatable bonds is 2. The highest BCUT2D eigenvalue weighted by Crippen LogP contribution is 2.31. The van der Waals surface area contributed by atoms with Gasteiger partial charge in [0.2, 0.25) is 0 Å². The number of alkyl halides is 2. The molecule has 0 bridgehead atoms. The van der Waals surface area contributed by atoms with Crippen LogP contribution in [-0.2, 0) is 4.74 Å². The lowest BCUT2D eigenvalue weighted by molar-refractivity contribution is -0.224. The fraction of sp³-hybridized carbons (Fsp3) is 1.00. The molecule has 0 aromatic carbocycles. The van der Waals surface area contributed by atoms with Crippen LogP contribution in [0.25, 0.3) is 10.4 Å². The minimum atomic E-state index is -3.33. The number of hydrogen-bond donors (Lipinski definition) is 1. The topological polar surface area (TPSA) is 78.2 Å². The SMILES string of the molecule is [N-]=[N+]=NC[C@H]1OCC[C@@H](O)C1(F)F. The van der Waals surface area contributed by atoms with Crippen molar-refractivity contribution in [2.45, 2.75) is 24.6 Å². The van der Waals surface area contributed by atoms with E-state index in [9.17, 15) is 8.78 Å². The smallest absolute Gasteiger partial charge is 0.299 e. The predicted molar refractivity (Wildman–Crippen MR) is 39.3 cm³/mol. The molecule has 1 heterocycles. The fourth-order valence-electron chi connectivity index (χ4n) is 1.13. The Morgan fingerprint density at radius 3 is 3.00 bits per heavy atom. The molecule has 0 saturated carbocycles. The summed E-state index contributed by atoms with van der Waals surface area (Å²) < 4.78 is 30.7. The number of azide groups is 1. The zero-order valence-corrected chi connectivity index (χ0v) is 6.73. The van der Waals surface area contributed by atoms with Gasteiger partial charge in [-0.1, -0.05) is 5.11 Å². The van der Waals surface area contributed by atoms with Crippen molar-refractivity contribution in [3.63, 3.8) is 0 Å². The Morgan fingerprint density at radius 2 is 2.38 bits per heavy atom. The van der Waals surface area contributed by atoms with Gasteiger partial charge >= 0.3 is 0 Å². The van der Waals surface area contributed by atoms with E-state index in [2.05, 4.69) is 10.0 Å². The van der Waals surface area contributed by atoms with E-state index in [0.29, 0.717) is 0 Å². The maximum absolute atomic E-state index is 13.0. The van der Waals surface area contributed by atoms with Crippen molar-refractivity contribution < 1.29 is 18.6 Å². The van der Waals surface area contributed by atoms with E-state index in [0.717, 1.165) is 0 Å². The lowest BCUT2D eigenvalue weighted by atomic mass is 10.0. The number of nitrogens with zero attached hydrogens (tertiary/aromatic N) is 3. The summed E-state index contributed by atoms with van der Waals surface area (Å²) in [5, 5.41) is 11.9. The number of aliphatic hydroxyl groups is 1. The van der Waals surface area contributed by atoms with Gasteiger partial charge in [-0.3, -0.25) is 0 Å². The first kappa shape index (κ1) is 10.2. The molecule has 1 aliphatic heterocycles. The molecular weight excluding hydrogens is 184 g/mol. The molecule has 74 valence electrons. The first-order chi connectivity index (χ1) is 6.09. The molecule has 5 nitrogen and oxygen atoms in total. The van der Waals surface area contributed by atoms with Gasteiger partial charge < -0.3 is 9.84 Å². The lowest BCUT2D eigenvalue weighted by Gasteiger charge is -2.34. The minimum Gasteiger partial charge on any atom is -0.387 e. The molecule has 0 unspecified atom stereocenters. The minimum absolute atomic E-state index is 0.0579. The van der Waals surface area contributed by atoms with E-state index in [4.69, 9.17) is 15.4 Å². The van der Waals surface area contributed by atoms with Gasteiger partial charge in [0.25, 0.3) is 5.92 Å². The summed E-state index contributed by atoms with van der Waals surface area (Å²) in [5.74, 6) is -3.33. The molecule has 1 fully saturated rings. The second-order valence-corrected chi connectivity index (χ2v) is 2.75. The van der Waals surface area contributed by atoms with Gasteiger partial charge in [-0.25, -0.2) is 8.78 Å². The van der Waals surface area contributed by atoms with E-state index in [-0.39, 0.29) is 13.0 Å². The summed E-state index contributed by atoms with van der Waals surface area (Å²) in [4.78, 5) is 2.35. The van der Waals surface area contributed by atoms with Crippen molar-refractivity contribution in [2.75, 3.05) is 13.2 Å². The lowest BCUT2D eigenvalue weighted by Crippen LogP contribution is -2.51. The molecule has 1 aliphatic rings. The summed E-state index contributed by atoms with van der Waals surface area (Å²) >= 11 is 0. The first-order valence-electron chi connectivity index (χ1n) is 3.77. The molecule has 2 atom stereocenters. The Labute approximate surface area is 72.9 Å². The maximum atomic E-state index is 13.0. The number of halogens is 2. The van der Waals surface area contributed by atoms with E-state index in [1.165, 1.54) is 0 Å². The summed E-state index contributed by atoms with van der Waals surface area (Å²) in [6.45, 7) is -0.400. The van der Waals surface area contributed by atoms with E-state index < -0.39 is 24.7 Å². The van der Waals surface area contributed by atoms with Crippen LogP contribution in [0.5, 0.6) is 0 Å². The third-order valence-corrected chi connectivity index (χ3v) is 1.89.